The fourth-order valence-electron chi connectivity index (χ4n) is 1.92. The van der Waals surface area contributed by atoms with Gasteiger partial charge in [-0.3, -0.25) is 5.09 Å². The van der Waals surface area contributed by atoms with E-state index in [9.17, 15) is 4.57 Å². The van der Waals surface area contributed by atoms with Crippen molar-refractivity contribution in [3.8, 4) is 0 Å². The molecule has 14 heavy (non-hydrogen) atoms. The van der Waals surface area contributed by atoms with Crippen LogP contribution in [0.4, 0.5) is 0 Å². The largest absolute Gasteiger partial charge is 0.382 e. The lowest BCUT2D eigenvalue weighted by molar-refractivity contribution is 0.0783. The Balaban J connectivity index is 2.55. The van der Waals surface area contributed by atoms with Crippen LogP contribution in [0.25, 0.3) is 0 Å². The Hall–Kier alpha value is 0.215. The van der Waals surface area contributed by atoms with Crippen molar-refractivity contribution in [3.63, 3.8) is 0 Å². The topological polar surface area (TPSA) is 38.3 Å². The summed E-state index contributed by atoms with van der Waals surface area (Å²) in [5, 5.41) is 3.27. The van der Waals surface area contributed by atoms with Gasteiger partial charge in [0.15, 0.2) is 0 Å². The molecule has 4 atom stereocenters. The summed E-state index contributed by atoms with van der Waals surface area (Å²) >= 11 is 0. The lowest BCUT2D eigenvalue weighted by Gasteiger charge is -2.22. The fraction of sp³-hybridized carbons (Fsp3) is 1.00. The van der Waals surface area contributed by atoms with Crippen LogP contribution in [0.15, 0.2) is 0 Å². The zero-order valence-electron chi connectivity index (χ0n) is 9.62. The molecule has 0 spiro atoms. The highest BCUT2D eigenvalue weighted by atomic mass is 31.2. The van der Waals surface area contributed by atoms with Gasteiger partial charge < -0.3 is 9.30 Å². The van der Waals surface area contributed by atoms with E-state index < -0.39 is 7.29 Å². The average Bonchev–Trinajstić information content (AvgIpc) is 2.45. The van der Waals surface area contributed by atoms with E-state index in [0.717, 1.165) is 12.8 Å². The minimum atomic E-state index is -2.13. The zero-order chi connectivity index (χ0) is 10.8. The summed E-state index contributed by atoms with van der Waals surface area (Å²) in [7, 11) is -0.0494. The van der Waals surface area contributed by atoms with E-state index in [4.69, 9.17) is 4.74 Å². The molecule has 5 heteroatoms. The molecule has 1 rings (SSSR count). The molecule has 1 aliphatic rings. The molecule has 82 valence electrons. The molecule has 1 saturated heterocycles. The highest BCUT2D eigenvalue weighted by molar-refractivity contribution is 7.61. The molecule has 1 aliphatic heterocycles. The first kappa shape index (κ1) is 12.3. The number of rotatable bonds is 4. The third-order valence-electron chi connectivity index (χ3n) is 2.89. The van der Waals surface area contributed by atoms with Gasteiger partial charge in [0.1, 0.15) is 15.1 Å². The Bertz CT molecular complexity index is 237. The highest BCUT2D eigenvalue weighted by Crippen LogP contribution is 2.38. The number of ether oxygens (including phenoxy) is 1. The number of hydrogen-bond donors (Lipinski definition) is 1. The molecule has 3 nitrogen and oxygen atoms in total. The van der Waals surface area contributed by atoms with Gasteiger partial charge >= 0.3 is 0 Å². The molecular formula is C9H21BNO2P. The molecule has 0 radical (unpaired) electrons. The standard InChI is InChI=1S/C9H21BNO2P/c1-4-8-7(6-9(10)13-8)11-14(3,12)5-2/h7-9H,4-6,10H2,1-3H3,(H,11,12)/t7?,8-,9-,14?/m1/s1. The molecule has 0 saturated carbocycles. The van der Waals surface area contributed by atoms with Gasteiger partial charge in [0.05, 0.1) is 6.10 Å². The van der Waals surface area contributed by atoms with Crippen LogP contribution in [0, 0.1) is 0 Å². The highest BCUT2D eigenvalue weighted by Gasteiger charge is 2.33. The monoisotopic (exact) mass is 217 g/mol. The van der Waals surface area contributed by atoms with Gasteiger partial charge in [-0.2, -0.15) is 0 Å². The van der Waals surface area contributed by atoms with Gasteiger partial charge in [-0.05, 0) is 12.8 Å². The smallest absolute Gasteiger partial charge is 0.144 e. The Morgan fingerprint density at radius 1 is 1.57 bits per heavy atom. The summed E-state index contributed by atoms with van der Waals surface area (Å²) in [6.07, 6.45) is 2.93. The van der Waals surface area contributed by atoms with E-state index in [1.54, 1.807) is 0 Å². The Morgan fingerprint density at radius 3 is 2.71 bits per heavy atom. The van der Waals surface area contributed by atoms with Crippen molar-refractivity contribution in [2.75, 3.05) is 12.8 Å². The van der Waals surface area contributed by atoms with Crippen molar-refractivity contribution in [1.82, 2.24) is 5.09 Å². The normalized spacial score (nSPS) is 36.9. The van der Waals surface area contributed by atoms with E-state index in [-0.39, 0.29) is 12.1 Å². The first-order valence-corrected chi connectivity index (χ1v) is 7.82. The molecule has 1 heterocycles. The molecule has 0 amide bonds. The molecule has 0 aromatic carbocycles. The summed E-state index contributed by atoms with van der Waals surface area (Å²) in [5.41, 5.74) is 0. The van der Waals surface area contributed by atoms with Crippen molar-refractivity contribution in [2.45, 2.75) is 44.8 Å². The minimum absolute atomic E-state index is 0.241. The van der Waals surface area contributed by atoms with Gasteiger partial charge in [-0.1, -0.05) is 13.8 Å². The average molecular weight is 217 g/mol. The van der Waals surface area contributed by atoms with Crippen molar-refractivity contribution < 1.29 is 9.30 Å². The molecule has 0 aliphatic carbocycles. The summed E-state index contributed by atoms with van der Waals surface area (Å²) < 4.78 is 17.7. The van der Waals surface area contributed by atoms with E-state index in [2.05, 4.69) is 19.9 Å². The summed E-state index contributed by atoms with van der Waals surface area (Å²) in [5.74, 6) is 0. The molecule has 0 aromatic rings. The summed E-state index contributed by atoms with van der Waals surface area (Å²) in [6, 6.07) is 0.583. The van der Waals surface area contributed by atoms with Gasteiger partial charge in [0, 0.05) is 24.9 Å². The van der Waals surface area contributed by atoms with Crippen LogP contribution < -0.4 is 5.09 Å². The summed E-state index contributed by atoms with van der Waals surface area (Å²) in [6.45, 7) is 5.90. The predicted molar refractivity (Wildman–Crippen MR) is 63.1 cm³/mol. The molecule has 2 unspecified atom stereocenters. The SMILES string of the molecule is B[C@H]1CC(NP(C)(=O)CC)[C@@H](CC)O1. The first-order chi connectivity index (χ1) is 6.48. The molecule has 1 N–H and O–H groups in total. The molecular weight excluding hydrogens is 196 g/mol. The van der Waals surface area contributed by atoms with Gasteiger partial charge in [-0.15, -0.1) is 0 Å². The van der Waals surface area contributed by atoms with E-state index in [1.807, 2.05) is 13.6 Å². The summed E-state index contributed by atoms with van der Waals surface area (Å²) in [4.78, 5) is 0. The van der Waals surface area contributed by atoms with Crippen molar-refractivity contribution in [3.05, 3.63) is 0 Å². The van der Waals surface area contributed by atoms with Crippen LogP contribution in [0.2, 0.25) is 0 Å². The second-order valence-electron chi connectivity index (χ2n) is 4.28. The van der Waals surface area contributed by atoms with Gasteiger partial charge in [0.25, 0.3) is 0 Å². The maximum absolute atomic E-state index is 11.9. The minimum Gasteiger partial charge on any atom is -0.382 e. The van der Waals surface area contributed by atoms with E-state index in [1.165, 1.54) is 0 Å². The number of nitrogens with one attached hydrogen (secondary N) is 1. The van der Waals surface area contributed by atoms with Crippen LogP contribution in [-0.4, -0.2) is 38.8 Å². The van der Waals surface area contributed by atoms with Crippen LogP contribution in [-0.2, 0) is 9.30 Å². The van der Waals surface area contributed by atoms with Crippen LogP contribution in [0.3, 0.4) is 0 Å². The third-order valence-corrected chi connectivity index (χ3v) is 4.97. The Labute approximate surface area is 87.8 Å². The molecule has 0 bridgehead atoms. The van der Waals surface area contributed by atoms with Crippen LogP contribution in [0.1, 0.15) is 26.7 Å². The Kier molecular flexibility index (Phi) is 4.23. The maximum atomic E-state index is 11.9. The molecule has 0 aromatic heterocycles. The van der Waals surface area contributed by atoms with Crippen molar-refractivity contribution in [1.29, 1.82) is 0 Å². The van der Waals surface area contributed by atoms with E-state index >= 15 is 0 Å². The van der Waals surface area contributed by atoms with Crippen molar-refractivity contribution >= 4 is 15.1 Å². The lowest BCUT2D eigenvalue weighted by atomic mass is 9.95. The van der Waals surface area contributed by atoms with Crippen LogP contribution >= 0.6 is 7.29 Å². The third kappa shape index (κ3) is 3.11. The molecule has 1 fully saturated rings. The Morgan fingerprint density at radius 2 is 2.21 bits per heavy atom. The zero-order valence-corrected chi connectivity index (χ0v) is 10.5. The maximum Gasteiger partial charge on any atom is 0.144 e. The van der Waals surface area contributed by atoms with Crippen molar-refractivity contribution in [2.24, 2.45) is 0 Å². The van der Waals surface area contributed by atoms with Gasteiger partial charge in [0.2, 0.25) is 0 Å². The quantitative estimate of drug-likeness (QED) is 0.564. The van der Waals surface area contributed by atoms with E-state index in [0.29, 0.717) is 12.2 Å². The van der Waals surface area contributed by atoms with Crippen LogP contribution in [0.5, 0.6) is 0 Å². The first-order valence-electron chi connectivity index (χ1n) is 5.48. The fourth-order valence-corrected chi connectivity index (χ4v) is 3.07. The second-order valence-corrected chi connectivity index (χ2v) is 7.37. The predicted octanol–water partition coefficient (Wildman–Crippen LogP) is 1.03. The second kappa shape index (κ2) is 4.83. The lowest BCUT2D eigenvalue weighted by Crippen LogP contribution is -2.34. The van der Waals surface area contributed by atoms with Gasteiger partial charge in [-0.25, -0.2) is 0 Å². The number of hydrogen-bond acceptors (Lipinski definition) is 2.